The third-order valence-corrected chi connectivity index (χ3v) is 4.84. The Bertz CT molecular complexity index is 1070. The van der Waals surface area contributed by atoms with Gasteiger partial charge in [-0.2, -0.15) is 0 Å². The highest BCUT2D eigenvalue weighted by Gasteiger charge is 2.22. The molecule has 3 rings (SSSR count). The van der Waals surface area contributed by atoms with Crippen molar-refractivity contribution < 1.29 is 10.2 Å². The van der Waals surface area contributed by atoms with E-state index < -0.39 is 5.41 Å². The fraction of sp³-hybridized carbons (Fsp3) is 0.217. The lowest BCUT2D eigenvalue weighted by molar-refractivity contribution is 0.259. The fourth-order valence-electron chi connectivity index (χ4n) is 2.76. The number of aliphatic hydroxyl groups is 1. The first-order valence-electron chi connectivity index (χ1n) is 9.06. The molecule has 3 aromatic rings. The van der Waals surface area contributed by atoms with Gasteiger partial charge in [-0.1, -0.05) is 39.1 Å². The van der Waals surface area contributed by atoms with Gasteiger partial charge in [-0.3, -0.25) is 9.97 Å². The molecule has 0 saturated carbocycles. The van der Waals surface area contributed by atoms with Gasteiger partial charge in [-0.15, -0.1) is 0 Å². The summed E-state index contributed by atoms with van der Waals surface area (Å²) in [5.74, 6) is 0.124. The molecule has 0 unspecified atom stereocenters. The van der Waals surface area contributed by atoms with Crippen LogP contribution in [0.2, 0.25) is 0 Å². The molecule has 2 aromatic heterocycles. The highest BCUT2D eigenvalue weighted by molar-refractivity contribution is 5.85. The first-order valence-corrected chi connectivity index (χ1v) is 9.06. The Kier molecular flexibility index (Phi) is 5.10. The highest BCUT2D eigenvalue weighted by Crippen LogP contribution is 2.30. The zero-order chi connectivity index (χ0) is 20.5. The predicted octanol–water partition coefficient (Wildman–Crippen LogP) is 4.97. The van der Waals surface area contributed by atoms with Crippen molar-refractivity contribution in [1.29, 1.82) is 0 Å². The standard InChI is InChI=1S/C23H25N3O2/c1-14-6-7-18-10-17(8-9-20(18)26-14)19-11-21(28)22(24-12-19)15(2)25-13-23(4,5)16(3)27/h6-12,25,27-28H,2-3,13H2,1,4-5H3. The number of fused-ring (bicyclic) bond motifs is 1. The summed E-state index contributed by atoms with van der Waals surface area (Å²) in [5.41, 5.74) is 4.00. The lowest BCUT2D eigenvalue weighted by Gasteiger charge is -2.24. The Balaban J connectivity index is 1.83. The van der Waals surface area contributed by atoms with Gasteiger partial charge in [0.15, 0.2) is 0 Å². The van der Waals surface area contributed by atoms with Crippen LogP contribution < -0.4 is 5.32 Å². The summed E-state index contributed by atoms with van der Waals surface area (Å²) in [4.78, 5) is 8.89. The Labute approximate surface area is 165 Å². The number of hydrogen-bond donors (Lipinski definition) is 3. The molecule has 5 heteroatoms. The minimum absolute atomic E-state index is 0.0396. The van der Waals surface area contributed by atoms with E-state index in [0.717, 1.165) is 27.7 Å². The molecule has 5 nitrogen and oxygen atoms in total. The molecule has 0 saturated heterocycles. The van der Waals surface area contributed by atoms with Gasteiger partial charge in [0, 0.05) is 34.8 Å². The fourth-order valence-corrected chi connectivity index (χ4v) is 2.76. The Morgan fingerprint density at radius 1 is 1.11 bits per heavy atom. The first-order chi connectivity index (χ1) is 13.2. The molecule has 0 bridgehead atoms. The number of rotatable bonds is 6. The molecule has 0 aliphatic carbocycles. The Morgan fingerprint density at radius 3 is 2.54 bits per heavy atom. The van der Waals surface area contributed by atoms with Crippen LogP contribution in [-0.2, 0) is 0 Å². The number of aromatic nitrogens is 2. The van der Waals surface area contributed by atoms with Crippen molar-refractivity contribution in [1.82, 2.24) is 15.3 Å². The van der Waals surface area contributed by atoms with Gasteiger partial charge in [0.2, 0.25) is 0 Å². The minimum atomic E-state index is -0.518. The zero-order valence-electron chi connectivity index (χ0n) is 16.5. The molecule has 0 aliphatic heterocycles. The SMILES string of the molecule is C=C(NCC(C)(C)C(=C)O)c1ncc(-c2ccc3nc(C)ccc3c2)cc1O. The van der Waals surface area contributed by atoms with E-state index in [1.54, 1.807) is 12.3 Å². The van der Waals surface area contributed by atoms with Gasteiger partial charge in [-0.05, 0) is 36.8 Å². The van der Waals surface area contributed by atoms with Crippen LogP contribution >= 0.6 is 0 Å². The smallest absolute Gasteiger partial charge is 0.143 e. The lowest BCUT2D eigenvalue weighted by atomic mass is 9.91. The van der Waals surface area contributed by atoms with E-state index >= 15 is 0 Å². The van der Waals surface area contributed by atoms with Crippen molar-refractivity contribution in [2.24, 2.45) is 5.41 Å². The number of aryl methyl sites for hydroxylation is 1. The molecule has 0 atom stereocenters. The maximum atomic E-state index is 10.5. The molecule has 0 fully saturated rings. The monoisotopic (exact) mass is 375 g/mol. The second kappa shape index (κ2) is 7.35. The number of aliphatic hydroxyl groups excluding tert-OH is 1. The van der Waals surface area contributed by atoms with Crippen LogP contribution in [0.5, 0.6) is 5.75 Å². The first kappa shape index (κ1) is 19.4. The lowest BCUT2D eigenvalue weighted by Crippen LogP contribution is -2.29. The Hall–Kier alpha value is -3.34. The maximum absolute atomic E-state index is 10.5. The van der Waals surface area contributed by atoms with Gasteiger partial charge >= 0.3 is 0 Å². The van der Waals surface area contributed by atoms with Crippen LogP contribution in [0.3, 0.4) is 0 Å². The number of pyridine rings is 2. The van der Waals surface area contributed by atoms with Crippen LogP contribution in [0.25, 0.3) is 27.7 Å². The summed E-state index contributed by atoms with van der Waals surface area (Å²) in [5, 5.41) is 24.2. The van der Waals surface area contributed by atoms with Crippen molar-refractivity contribution in [3.63, 3.8) is 0 Å². The average Bonchev–Trinajstić information content (AvgIpc) is 2.65. The second-order valence-electron chi connectivity index (χ2n) is 7.61. The van der Waals surface area contributed by atoms with Gasteiger partial charge < -0.3 is 15.5 Å². The molecular weight excluding hydrogens is 350 g/mol. The normalized spacial score (nSPS) is 11.4. The predicted molar refractivity (Wildman–Crippen MR) is 114 cm³/mol. The van der Waals surface area contributed by atoms with Crippen molar-refractivity contribution in [3.8, 4) is 16.9 Å². The molecule has 28 heavy (non-hydrogen) atoms. The van der Waals surface area contributed by atoms with E-state index in [9.17, 15) is 10.2 Å². The number of nitrogens with zero attached hydrogens (tertiary/aromatic N) is 2. The largest absolute Gasteiger partial charge is 0.512 e. The quantitative estimate of drug-likeness (QED) is 0.530. The summed E-state index contributed by atoms with van der Waals surface area (Å²) >= 11 is 0. The third-order valence-electron chi connectivity index (χ3n) is 4.84. The van der Waals surface area contributed by atoms with Crippen LogP contribution in [-0.4, -0.2) is 26.7 Å². The molecule has 0 spiro atoms. The van der Waals surface area contributed by atoms with Gasteiger partial charge in [0.25, 0.3) is 0 Å². The van der Waals surface area contributed by atoms with E-state index in [2.05, 4.69) is 28.4 Å². The molecule has 0 amide bonds. The summed E-state index contributed by atoms with van der Waals surface area (Å²) in [6, 6.07) is 11.6. The maximum Gasteiger partial charge on any atom is 0.143 e. The van der Waals surface area contributed by atoms with Crippen LogP contribution in [0.15, 0.2) is 61.5 Å². The number of aromatic hydroxyl groups is 1. The van der Waals surface area contributed by atoms with E-state index in [4.69, 9.17) is 0 Å². The van der Waals surface area contributed by atoms with Gasteiger partial charge in [0.05, 0.1) is 17.0 Å². The van der Waals surface area contributed by atoms with Crippen molar-refractivity contribution in [2.45, 2.75) is 20.8 Å². The van der Waals surface area contributed by atoms with E-state index in [-0.39, 0.29) is 11.5 Å². The van der Waals surface area contributed by atoms with Crippen molar-refractivity contribution in [2.75, 3.05) is 6.54 Å². The average molecular weight is 375 g/mol. The van der Waals surface area contributed by atoms with Gasteiger partial charge in [-0.25, -0.2) is 0 Å². The van der Waals surface area contributed by atoms with Crippen molar-refractivity contribution >= 4 is 16.6 Å². The molecule has 1 aromatic carbocycles. The molecule has 0 radical (unpaired) electrons. The third kappa shape index (κ3) is 3.98. The van der Waals surface area contributed by atoms with Crippen molar-refractivity contribution in [3.05, 3.63) is 72.9 Å². The van der Waals surface area contributed by atoms with Crippen LogP contribution in [0.4, 0.5) is 0 Å². The summed E-state index contributed by atoms with van der Waals surface area (Å²) in [6.07, 6.45) is 1.71. The zero-order valence-corrected chi connectivity index (χ0v) is 16.5. The van der Waals surface area contributed by atoms with Gasteiger partial charge in [0.1, 0.15) is 11.4 Å². The van der Waals surface area contributed by atoms with Crippen LogP contribution in [0.1, 0.15) is 25.2 Å². The van der Waals surface area contributed by atoms with E-state index in [1.807, 2.05) is 51.1 Å². The second-order valence-corrected chi connectivity index (χ2v) is 7.61. The number of benzene rings is 1. The Morgan fingerprint density at radius 2 is 1.86 bits per heavy atom. The van der Waals surface area contributed by atoms with E-state index in [0.29, 0.717) is 17.9 Å². The summed E-state index contributed by atoms with van der Waals surface area (Å²) < 4.78 is 0. The summed E-state index contributed by atoms with van der Waals surface area (Å²) in [6.45, 7) is 13.6. The van der Waals surface area contributed by atoms with Crippen LogP contribution in [0, 0.1) is 12.3 Å². The molecular formula is C23H25N3O2. The van der Waals surface area contributed by atoms with E-state index in [1.165, 1.54) is 0 Å². The summed E-state index contributed by atoms with van der Waals surface area (Å²) in [7, 11) is 0. The minimum Gasteiger partial charge on any atom is -0.512 e. The number of nitrogens with one attached hydrogen (secondary N) is 1. The molecule has 3 N–H and O–H groups in total. The molecule has 144 valence electrons. The molecule has 0 aliphatic rings. The highest BCUT2D eigenvalue weighted by atomic mass is 16.3. The number of hydrogen-bond acceptors (Lipinski definition) is 5. The molecule has 2 heterocycles. The topological polar surface area (TPSA) is 78.3 Å².